The smallest absolute Gasteiger partial charge is 0.327 e. The second kappa shape index (κ2) is 7.91. The number of amides is 4. The van der Waals surface area contributed by atoms with E-state index in [1.165, 1.54) is 4.90 Å². The van der Waals surface area contributed by atoms with Crippen LogP contribution in [0.2, 0.25) is 0 Å². The standard InChI is InChI=1S/C24H24N4O3/c29-22-14-21-19(26-23(30)20-13-17-9-4-5-10-18(17)25-20)11-6-12-27(21)24(31)28(22)15-16-7-2-1-3-8-16/h1-5,7-10,13,19,21,25H,6,11-12,14-15H2,(H,26,30). The van der Waals surface area contributed by atoms with Gasteiger partial charge in [0.05, 0.1) is 18.6 Å². The average molecular weight is 416 g/mol. The highest BCUT2D eigenvalue weighted by molar-refractivity contribution is 5.99. The molecule has 5 rings (SSSR count). The molecule has 0 aliphatic carbocycles. The zero-order valence-corrected chi connectivity index (χ0v) is 17.1. The lowest BCUT2D eigenvalue weighted by molar-refractivity contribution is -0.134. The SMILES string of the molecule is O=C(NC1CCCN2C(=O)N(Cc3ccccc3)C(=O)CC12)c1cc2ccccc2[nH]1. The molecule has 2 unspecified atom stereocenters. The highest BCUT2D eigenvalue weighted by atomic mass is 16.2. The van der Waals surface area contributed by atoms with Crippen molar-refractivity contribution in [2.45, 2.75) is 37.9 Å². The minimum Gasteiger partial charge on any atom is -0.351 e. The molecule has 0 saturated carbocycles. The molecule has 2 fully saturated rings. The number of fused-ring (bicyclic) bond motifs is 2. The van der Waals surface area contributed by atoms with Crippen molar-refractivity contribution in [3.05, 3.63) is 71.9 Å². The molecular weight excluding hydrogens is 392 g/mol. The maximum atomic E-state index is 13.1. The molecule has 0 radical (unpaired) electrons. The molecule has 0 bridgehead atoms. The summed E-state index contributed by atoms with van der Waals surface area (Å²) in [4.78, 5) is 45.1. The molecule has 4 amide bonds. The van der Waals surface area contributed by atoms with E-state index in [0.29, 0.717) is 12.2 Å². The van der Waals surface area contributed by atoms with Crippen molar-refractivity contribution in [2.75, 3.05) is 6.54 Å². The van der Waals surface area contributed by atoms with Crippen molar-refractivity contribution in [3.63, 3.8) is 0 Å². The molecule has 2 aliphatic heterocycles. The van der Waals surface area contributed by atoms with Gasteiger partial charge in [0.1, 0.15) is 5.69 Å². The lowest BCUT2D eigenvalue weighted by Gasteiger charge is -2.46. The van der Waals surface area contributed by atoms with Crippen LogP contribution in [0.15, 0.2) is 60.7 Å². The maximum Gasteiger partial charge on any atom is 0.327 e. The Morgan fingerprint density at radius 1 is 1.06 bits per heavy atom. The van der Waals surface area contributed by atoms with Gasteiger partial charge in [-0.3, -0.25) is 14.5 Å². The lowest BCUT2D eigenvalue weighted by Crippen LogP contribution is -2.64. The van der Waals surface area contributed by atoms with E-state index in [0.717, 1.165) is 29.3 Å². The third-order valence-electron chi connectivity index (χ3n) is 6.21. The van der Waals surface area contributed by atoms with Crippen LogP contribution in [0.5, 0.6) is 0 Å². The minimum absolute atomic E-state index is 0.193. The molecule has 2 aromatic carbocycles. The molecule has 2 N–H and O–H groups in total. The van der Waals surface area contributed by atoms with Gasteiger partial charge in [0.2, 0.25) is 5.91 Å². The van der Waals surface area contributed by atoms with Crippen LogP contribution in [0.25, 0.3) is 10.9 Å². The fraction of sp³-hybridized carbons (Fsp3) is 0.292. The topological polar surface area (TPSA) is 85.5 Å². The van der Waals surface area contributed by atoms with Gasteiger partial charge in [-0.05, 0) is 30.5 Å². The van der Waals surface area contributed by atoms with Crippen LogP contribution in [0, 0.1) is 0 Å². The summed E-state index contributed by atoms with van der Waals surface area (Å²) >= 11 is 0. The monoisotopic (exact) mass is 416 g/mol. The first-order chi connectivity index (χ1) is 15.1. The van der Waals surface area contributed by atoms with Gasteiger partial charge >= 0.3 is 6.03 Å². The van der Waals surface area contributed by atoms with Gasteiger partial charge in [-0.1, -0.05) is 48.5 Å². The summed E-state index contributed by atoms with van der Waals surface area (Å²) in [5.41, 5.74) is 2.30. The van der Waals surface area contributed by atoms with Crippen LogP contribution in [0.4, 0.5) is 4.79 Å². The molecule has 3 aromatic rings. The fourth-order valence-electron chi connectivity index (χ4n) is 4.63. The van der Waals surface area contributed by atoms with Crippen molar-refractivity contribution < 1.29 is 14.4 Å². The first kappa shape index (κ1) is 19.4. The molecule has 3 heterocycles. The van der Waals surface area contributed by atoms with Crippen molar-refractivity contribution in [2.24, 2.45) is 0 Å². The minimum atomic E-state index is -0.311. The van der Waals surface area contributed by atoms with Gasteiger partial charge in [-0.15, -0.1) is 0 Å². The van der Waals surface area contributed by atoms with Gasteiger partial charge in [0.25, 0.3) is 5.91 Å². The second-order valence-corrected chi connectivity index (χ2v) is 8.21. The van der Waals surface area contributed by atoms with Crippen molar-refractivity contribution >= 4 is 28.7 Å². The number of nitrogens with one attached hydrogen (secondary N) is 2. The number of piperidine rings is 1. The predicted octanol–water partition coefficient (Wildman–Crippen LogP) is 3.28. The number of benzene rings is 2. The average Bonchev–Trinajstić information content (AvgIpc) is 3.22. The number of carbonyl (C=O) groups excluding carboxylic acids is 3. The van der Waals surface area contributed by atoms with Crippen LogP contribution < -0.4 is 5.32 Å². The largest absolute Gasteiger partial charge is 0.351 e. The van der Waals surface area contributed by atoms with Crippen molar-refractivity contribution in [1.29, 1.82) is 0 Å². The van der Waals surface area contributed by atoms with E-state index in [1.54, 1.807) is 4.90 Å². The van der Waals surface area contributed by atoms with E-state index in [1.807, 2.05) is 60.7 Å². The number of hydrogen-bond acceptors (Lipinski definition) is 3. The van der Waals surface area contributed by atoms with Crippen LogP contribution in [-0.2, 0) is 11.3 Å². The van der Waals surface area contributed by atoms with E-state index in [-0.39, 0.29) is 42.9 Å². The zero-order chi connectivity index (χ0) is 21.4. The Labute approximate surface area is 180 Å². The molecule has 2 aliphatic rings. The van der Waals surface area contributed by atoms with Gasteiger partial charge in [0, 0.05) is 23.9 Å². The number of hydrogen-bond donors (Lipinski definition) is 2. The van der Waals surface area contributed by atoms with Crippen molar-refractivity contribution in [1.82, 2.24) is 20.1 Å². The van der Waals surface area contributed by atoms with E-state index in [4.69, 9.17) is 0 Å². The fourth-order valence-corrected chi connectivity index (χ4v) is 4.63. The highest BCUT2D eigenvalue weighted by Crippen LogP contribution is 2.28. The molecule has 0 spiro atoms. The molecule has 2 saturated heterocycles. The molecule has 158 valence electrons. The first-order valence-corrected chi connectivity index (χ1v) is 10.6. The molecule has 31 heavy (non-hydrogen) atoms. The summed E-state index contributed by atoms with van der Waals surface area (Å²) in [5.74, 6) is -0.406. The number of rotatable bonds is 4. The number of H-pyrrole nitrogens is 1. The Morgan fingerprint density at radius 3 is 2.65 bits per heavy atom. The van der Waals surface area contributed by atoms with Crippen LogP contribution in [-0.4, -0.2) is 51.3 Å². The summed E-state index contributed by atoms with van der Waals surface area (Å²) in [5, 5.41) is 4.04. The van der Waals surface area contributed by atoms with Crippen molar-refractivity contribution in [3.8, 4) is 0 Å². The third kappa shape index (κ3) is 3.67. The molecule has 7 heteroatoms. The van der Waals surface area contributed by atoms with Gasteiger partial charge in [-0.2, -0.15) is 0 Å². The van der Waals surface area contributed by atoms with Crippen LogP contribution in [0.1, 0.15) is 35.3 Å². The second-order valence-electron chi connectivity index (χ2n) is 8.21. The number of urea groups is 1. The lowest BCUT2D eigenvalue weighted by atomic mass is 9.91. The number of aromatic nitrogens is 1. The Bertz CT molecular complexity index is 1110. The quantitative estimate of drug-likeness (QED) is 0.684. The molecule has 1 aromatic heterocycles. The number of carbonyl (C=O) groups is 3. The number of imide groups is 1. The Hall–Kier alpha value is -3.61. The number of nitrogens with zero attached hydrogens (tertiary/aromatic N) is 2. The Morgan fingerprint density at radius 2 is 1.84 bits per heavy atom. The van der Waals surface area contributed by atoms with Crippen LogP contribution >= 0.6 is 0 Å². The Kier molecular flexibility index (Phi) is 4.94. The van der Waals surface area contributed by atoms with E-state index < -0.39 is 0 Å². The summed E-state index contributed by atoms with van der Waals surface area (Å²) in [6, 6.07) is 18.2. The predicted molar refractivity (Wildman–Crippen MR) is 116 cm³/mol. The normalized spacial score (nSPS) is 21.3. The summed E-state index contributed by atoms with van der Waals surface area (Å²) in [6.45, 7) is 0.870. The molecule has 2 atom stereocenters. The zero-order valence-electron chi connectivity index (χ0n) is 17.1. The summed E-state index contributed by atoms with van der Waals surface area (Å²) < 4.78 is 0. The highest BCUT2D eigenvalue weighted by Gasteiger charge is 2.44. The molecular formula is C24H24N4O3. The van der Waals surface area contributed by atoms with Gasteiger partial charge in [0.15, 0.2) is 0 Å². The van der Waals surface area contributed by atoms with E-state index in [9.17, 15) is 14.4 Å². The number of aromatic amines is 1. The van der Waals surface area contributed by atoms with E-state index in [2.05, 4.69) is 10.3 Å². The van der Waals surface area contributed by atoms with Crippen LogP contribution in [0.3, 0.4) is 0 Å². The van der Waals surface area contributed by atoms with Gasteiger partial charge < -0.3 is 15.2 Å². The first-order valence-electron chi connectivity index (χ1n) is 10.6. The summed E-state index contributed by atoms with van der Waals surface area (Å²) in [6.07, 6.45) is 1.75. The number of para-hydroxylation sites is 1. The van der Waals surface area contributed by atoms with E-state index >= 15 is 0 Å². The maximum absolute atomic E-state index is 13.1. The third-order valence-corrected chi connectivity index (χ3v) is 6.21. The van der Waals surface area contributed by atoms with Gasteiger partial charge in [-0.25, -0.2) is 4.79 Å². The molecule has 7 nitrogen and oxygen atoms in total. The summed E-state index contributed by atoms with van der Waals surface area (Å²) in [7, 11) is 0. The Balaban J connectivity index is 1.31.